The largest absolute Gasteiger partial charge is 0.480 e. The first-order valence-corrected chi connectivity index (χ1v) is 6.40. The maximum Gasteiger partial charge on any atom is 0.326 e. The van der Waals surface area contributed by atoms with Gasteiger partial charge in [0.05, 0.1) is 0 Å². The zero-order valence-electron chi connectivity index (χ0n) is 11.9. The van der Waals surface area contributed by atoms with Gasteiger partial charge in [-0.2, -0.15) is 0 Å². The minimum Gasteiger partial charge on any atom is -0.480 e. The highest BCUT2D eigenvalue weighted by atomic mass is 16.4. The lowest BCUT2D eigenvalue weighted by atomic mass is 9.87. The average Bonchev–Trinajstić information content (AvgIpc) is 3.04. The summed E-state index contributed by atoms with van der Waals surface area (Å²) in [6.07, 6.45) is 2.31. The third-order valence-electron chi connectivity index (χ3n) is 3.62. The van der Waals surface area contributed by atoms with Gasteiger partial charge in [0.2, 0.25) is 0 Å². The Kier molecular flexibility index (Phi) is 4.24. The number of nitrogens with zero attached hydrogens (tertiary/aromatic N) is 1. The molecule has 1 rings (SSSR count). The van der Waals surface area contributed by atoms with Crippen LogP contribution < -0.4 is 5.32 Å². The standard InChI is InChI=1S/C13H24N2O3/c1-8(9-6-7-9)15(5)12(18)14-10(11(16)17)13(2,3)4/h8-10H,6-7H2,1-5H3,(H,14,18)(H,16,17). The number of carboxylic acid groups (broad SMARTS) is 1. The number of hydrogen-bond acceptors (Lipinski definition) is 2. The average molecular weight is 256 g/mol. The van der Waals surface area contributed by atoms with Crippen LogP contribution in [0.4, 0.5) is 4.79 Å². The molecule has 0 heterocycles. The second kappa shape index (κ2) is 5.16. The molecule has 1 aliphatic carbocycles. The Morgan fingerprint density at radius 3 is 2.17 bits per heavy atom. The van der Waals surface area contributed by atoms with E-state index in [-0.39, 0.29) is 12.1 Å². The minimum absolute atomic E-state index is 0.166. The zero-order chi connectivity index (χ0) is 14.1. The number of amides is 2. The van der Waals surface area contributed by atoms with Gasteiger partial charge in [0, 0.05) is 13.1 Å². The van der Waals surface area contributed by atoms with Gasteiger partial charge in [-0.25, -0.2) is 9.59 Å². The van der Waals surface area contributed by atoms with Crippen molar-refractivity contribution in [2.75, 3.05) is 7.05 Å². The number of carbonyl (C=O) groups is 2. The first-order chi connectivity index (χ1) is 8.14. The number of rotatable bonds is 4. The summed E-state index contributed by atoms with van der Waals surface area (Å²) >= 11 is 0. The molecule has 18 heavy (non-hydrogen) atoms. The predicted octanol–water partition coefficient (Wildman–Crippen LogP) is 1.93. The van der Waals surface area contributed by atoms with Gasteiger partial charge in [-0.3, -0.25) is 0 Å². The Bertz CT molecular complexity index is 332. The van der Waals surface area contributed by atoms with Gasteiger partial charge in [0.1, 0.15) is 6.04 Å². The lowest BCUT2D eigenvalue weighted by Crippen LogP contribution is -2.54. The number of aliphatic carboxylic acids is 1. The van der Waals surface area contributed by atoms with Crippen molar-refractivity contribution in [2.45, 2.75) is 52.6 Å². The van der Waals surface area contributed by atoms with Crippen LogP contribution in [0, 0.1) is 11.3 Å². The molecule has 1 fully saturated rings. The zero-order valence-corrected chi connectivity index (χ0v) is 11.9. The third kappa shape index (κ3) is 3.62. The summed E-state index contributed by atoms with van der Waals surface area (Å²) in [6.45, 7) is 7.41. The predicted molar refractivity (Wildman–Crippen MR) is 69.4 cm³/mol. The Labute approximate surface area is 109 Å². The second-order valence-electron chi connectivity index (χ2n) is 6.28. The molecule has 0 radical (unpaired) electrons. The van der Waals surface area contributed by atoms with E-state index in [4.69, 9.17) is 5.11 Å². The molecule has 0 spiro atoms. The summed E-state index contributed by atoms with van der Waals surface area (Å²) in [4.78, 5) is 24.8. The molecule has 1 aliphatic rings. The summed E-state index contributed by atoms with van der Waals surface area (Å²) in [5.41, 5.74) is -0.509. The van der Waals surface area contributed by atoms with Crippen LogP contribution in [0.2, 0.25) is 0 Å². The molecule has 5 nitrogen and oxygen atoms in total. The molecular formula is C13H24N2O3. The molecule has 0 bridgehead atoms. The summed E-state index contributed by atoms with van der Waals surface area (Å²) in [5, 5.41) is 11.8. The number of carboxylic acids is 1. The molecule has 0 saturated heterocycles. The fourth-order valence-corrected chi connectivity index (χ4v) is 1.95. The van der Waals surface area contributed by atoms with Crippen LogP contribution in [-0.2, 0) is 4.79 Å². The van der Waals surface area contributed by atoms with Gasteiger partial charge in [-0.15, -0.1) is 0 Å². The Morgan fingerprint density at radius 2 is 1.83 bits per heavy atom. The van der Waals surface area contributed by atoms with Crippen molar-refractivity contribution in [3.8, 4) is 0 Å². The summed E-state index contributed by atoms with van der Waals surface area (Å²) in [7, 11) is 1.72. The lowest BCUT2D eigenvalue weighted by Gasteiger charge is -2.32. The molecule has 5 heteroatoms. The Balaban J connectivity index is 2.63. The molecule has 0 aliphatic heterocycles. The van der Waals surface area contributed by atoms with E-state index >= 15 is 0 Å². The number of nitrogens with one attached hydrogen (secondary N) is 1. The van der Waals surface area contributed by atoms with E-state index in [1.165, 1.54) is 0 Å². The topological polar surface area (TPSA) is 69.6 Å². The highest BCUT2D eigenvalue weighted by molar-refractivity contribution is 5.83. The molecule has 2 amide bonds. The van der Waals surface area contributed by atoms with E-state index in [2.05, 4.69) is 5.32 Å². The van der Waals surface area contributed by atoms with Gasteiger partial charge in [0.15, 0.2) is 0 Å². The fraction of sp³-hybridized carbons (Fsp3) is 0.846. The molecule has 1 saturated carbocycles. The minimum atomic E-state index is -0.997. The molecule has 2 atom stereocenters. The van der Waals surface area contributed by atoms with Gasteiger partial charge in [-0.1, -0.05) is 20.8 Å². The van der Waals surface area contributed by atoms with Gasteiger partial charge in [0.25, 0.3) is 0 Å². The maximum absolute atomic E-state index is 12.0. The van der Waals surface area contributed by atoms with E-state index in [1.54, 1.807) is 32.7 Å². The molecule has 2 unspecified atom stereocenters. The first-order valence-electron chi connectivity index (χ1n) is 6.40. The van der Waals surface area contributed by atoms with Crippen LogP contribution in [0.3, 0.4) is 0 Å². The van der Waals surface area contributed by atoms with Crippen LogP contribution in [0.15, 0.2) is 0 Å². The highest BCUT2D eigenvalue weighted by Crippen LogP contribution is 2.34. The van der Waals surface area contributed by atoms with Crippen molar-refractivity contribution in [2.24, 2.45) is 11.3 Å². The fourth-order valence-electron chi connectivity index (χ4n) is 1.95. The van der Waals surface area contributed by atoms with Crippen molar-refractivity contribution < 1.29 is 14.7 Å². The molecule has 2 N–H and O–H groups in total. The number of urea groups is 1. The van der Waals surface area contributed by atoms with E-state index in [0.717, 1.165) is 12.8 Å². The SMILES string of the molecule is CC(C1CC1)N(C)C(=O)NC(C(=O)O)C(C)(C)C. The second-order valence-corrected chi connectivity index (χ2v) is 6.28. The Morgan fingerprint density at radius 1 is 1.33 bits per heavy atom. The van der Waals surface area contributed by atoms with Gasteiger partial charge >= 0.3 is 12.0 Å². The smallest absolute Gasteiger partial charge is 0.326 e. The summed E-state index contributed by atoms with van der Waals surface area (Å²) in [5.74, 6) is -0.429. The van der Waals surface area contributed by atoms with Crippen LogP contribution in [0.25, 0.3) is 0 Å². The Hall–Kier alpha value is -1.26. The van der Waals surface area contributed by atoms with Crippen LogP contribution >= 0.6 is 0 Å². The molecule has 0 aromatic rings. The van der Waals surface area contributed by atoms with Crippen LogP contribution in [0.5, 0.6) is 0 Å². The maximum atomic E-state index is 12.0. The van der Waals surface area contributed by atoms with E-state index in [9.17, 15) is 9.59 Å². The summed E-state index contributed by atoms with van der Waals surface area (Å²) in [6, 6.07) is -1.02. The lowest BCUT2D eigenvalue weighted by molar-refractivity contribution is -0.142. The third-order valence-corrected chi connectivity index (χ3v) is 3.62. The quantitative estimate of drug-likeness (QED) is 0.807. The van der Waals surface area contributed by atoms with Gasteiger partial charge in [-0.05, 0) is 31.1 Å². The summed E-state index contributed by atoms with van der Waals surface area (Å²) < 4.78 is 0. The highest BCUT2D eigenvalue weighted by Gasteiger charge is 2.36. The van der Waals surface area contributed by atoms with Crippen LogP contribution in [0.1, 0.15) is 40.5 Å². The van der Waals surface area contributed by atoms with Crippen molar-refractivity contribution in [3.05, 3.63) is 0 Å². The van der Waals surface area contributed by atoms with Crippen molar-refractivity contribution in [1.82, 2.24) is 10.2 Å². The van der Waals surface area contributed by atoms with Crippen molar-refractivity contribution in [1.29, 1.82) is 0 Å². The number of carbonyl (C=O) groups excluding carboxylic acids is 1. The molecule has 0 aromatic heterocycles. The molecule has 104 valence electrons. The normalized spacial score (nSPS) is 18.9. The monoisotopic (exact) mass is 256 g/mol. The van der Waals surface area contributed by atoms with E-state index < -0.39 is 17.4 Å². The van der Waals surface area contributed by atoms with Crippen molar-refractivity contribution in [3.63, 3.8) is 0 Å². The molecular weight excluding hydrogens is 232 g/mol. The first kappa shape index (κ1) is 14.8. The van der Waals surface area contributed by atoms with E-state index in [0.29, 0.717) is 5.92 Å². The van der Waals surface area contributed by atoms with Gasteiger partial charge < -0.3 is 15.3 Å². The van der Waals surface area contributed by atoms with Crippen LogP contribution in [-0.4, -0.2) is 41.1 Å². The number of hydrogen-bond donors (Lipinski definition) is 2. The van der Waals surface area contributed by atoms with Crippen molar-refractivity contribution >= 4 is 12.0 Å². The molecule has 0 aromatic carbocycles. The van der Waals surface area contributed by atoms with E-state index in [1.807, 2.05) is 6.92 Å².